The van der Waals surface area contributed by atoms with Crippen LogP contribution in [0.4, 0.5) is 0 Å². The number of carbonyl (C=O) groups is 2. The first-order valence-corrected chi connectivity index (χ1v) is 12.6. The first kappa shape index (κ1) is 29.0. The summed E-state index contributed by atoms with van der Waals surface area (Å²) >= 11 is 1.50. The minimum Gasteiger partial charge on any atom is -0.333 e. The molecule has 1 saturated carbocycles. The van der Waals surface area contributed by atoms with Gasteiger partial charge in [0, 0.05) is 16.4 Å². The number of fused-ring (bicyclic) bond motifs is 2. The maximum atomic E-state index is 11.1. The Labute approximate surface area is 201 Å². The molecule has 2 aliphatic carbocycles. The molecule has 2 aliphatic rings. The molecule has 1 fully saturated rings. The number of carbonyl (C=O) groups excluding carboxylic acids is 2. The third-order valence-corrected chi connectivity index (χ3v) is 8.39. The van der Waals surface area contributed by atoms with E-state index < -0.39 is 5.54 Å². The van der Waals surface area contributed by atoms with Gasteiger partial charge in [-0.15, -0.1) is 9.24 Å². The zero-order valence-corrected chi connectivity index (χ0v) is 22.7. The molecule has 1 aromatic rings. The Hall–Kier alpha value is -1.04. The molecule has 0 heterocycles. The zero-order valence-electron chi connectivity index (χ0n) is 20.7. The number of rotatable bonds is 6. The van der Waals surface area contributed by atoms with E-state index in [2.05, 4.69) is 64.0 Å². The van der Waals surface area contributed by atoms with Crippen molar-refractivity contribution in [1.29, 1.82) is 0 Å². The van der Waals surface area contributed by atoms with Gasteiger partial charge in [0.25, 0.3) is 0 Å². The number of nitrogens with two attached hydrogens (primary N) is 1. The van der Waals surface area contributed by atoms with Crippen LogP contribution in [0.15, 0.2) is 28.7 Å². The second-order valence-corrected chi connectivity index (χ2v) is 11.0. The minimum atomic E-state index is -0.499. The van der Waals surface area contributed by atoms with Crippen molar-refractivity contribution in [3.8, 4) is 0 Å². The third-order valence-electron chi connectivity index (χ3n) is 6.23. The number of aryl methyl sites for hydroxylation is 1. The van der Waals surface area contributed by atoms with Crippen molar-refractivity contribution in [2.24, 2.45) is 17.1 Å². The standard InChI is InChI=1S/C12H18NOPS.C12H19NO.CH5N/c1-8-5-6-10(11(15)9(8)2)16-13-12(3,4)7-14;1-12(8-14)6-9-3-4-11(13-2)10(5-9)7-12;1-2/h5-7,13H,15H2,1-4H3;3,8,10-11,13H,4-7H2,1-2H3;2H2,1H3. The number of nitrogens with one attached hydrogen (secondary N) is 2. The maximum Gasteiger partial charge on any atom is 0.140 e. The topological polar surface area (TPSA) is 84.2 Å². The fourth-order valence-corrected chi connectivity index (χ4v) is 5.47. The summed E-state index contributed by atoms with van der Waals surface area (Å²) in [6.45, 7) is 10.0. The van der Waals surface area contributed by atoms with E-state index in [1.165, 1.54) is 47.4 Å². The smallest absolute Gasteiger partial charge is 0.140 e. The van der Waals surface area contributed by atoms with E-state index in [9.17, 15) is 9.59 Å². The van der Waals surface area contributed by atoms with Gasteiger partial charge in [-0.2, -0.15) is 0 Å². The molecular weight excluding hydrogens is 437 g/mol. The van der Waals surface area contributed by atoms with Crippen LogP contribution in [0.2, 0.25) is 0 Å². The Morgan fingerprint density at radius 3 is 2.47 bits per heavy atom. The van der Waals surface area contributed by atoms with E-state index in [-0.39, 0.29) is 5.41 Å². The van der Waals surface area contributed by atoms with Crippen molar-refractivity contribution in [1.82, 2.24) is 10.0 Å². The normalized spacial score (nSPS) is 24.2. The van der Waals surface area contributed by atoms with Gasteiger partial charge in [-0.05, 0) is 108 Å². The maximum absolute atomic E-state index is 11.1. The van der Waals surface area contributed by atoms with Crippen LogP contribution in [-0.2, 0) is 9.59 Å². The summed E-state index contributed by atoms with van der Waals surface area (Å²) in [7, 11) is 6.28. The van der Waals surface area contributed by atoms with Crippen LogP contribution in [0.25, 0.3) is 0 Å². The van der Waals surface area contributed by atoms with Gasteiger partial charge in [0.05, 0.1) is 5.54 Å². The second-order valence-electron chi connectivity index (χ2n) is 9.57. The summed E-state index contributed by atoms with van der Waals surface area (Å²) in [6.07, 6.45) is 8.80. The van der Waals surface area contributed by atoms with Crippen LogP contribution >= 0.6 is 21.2 Å². The average molecular weight is 480 g/mol. The lowest BCUT2D eigenvalue weighted by atomic mass is 9.64. The van der Waals surface area contributed by atoms with Gasteiger partial charge in [0.2, 0.25) is 0 Å². The monoisotopic (exact) mass is 479 g/mol. The number of hydrogen-bond acceptors (Lipinski definition) is 6. The Morgan fingerprint density at radius 2 is 1.91 bits per heavy atom. The molecule has 5 nitrogen and oxygen atoms in total. The molecule has 0 radical (unpaired) electrons. The lowest BCUT2D eigenvalue weighted by Gasteiger charge is -2.42. The van der Waals surface area contributed by atoms with Crippen molar-refractivity contribution in [3.63, 3.8) is 0 Å². The van der Waals surface area contributed by atoms with Crippen molar-refractivity contribution < 1.29 is 9.59 Å². The highest BCUT2D eigenvalue weighted by Gasteiger charge is 2.39. The fourth-order valence-electron chi connectivity index (χ4n) is 4.15. The van der Waals surface area contributed by atoms with E-state index in [1.807, 2.05) is 20.9 Å². The molecule has 0 saturated heterocycles. The molecule has 0 amide bonds. The van der Waals surface area contributed by atoms with Crippen molar-refractivity contribution >= 4 is 39.1 Å². The molecular formula is C25H42N3O2PS. The molecule has 0 spiro atoms. The Morgan fingerprint density at radius 1 is 1.25 bits per heavy atom. The van der Waals surface area contributed by atoms with Crippen molar-refractivity contribution in [3.05, 3.63) is 34.9 Å². The van der Waals surface area contributed by atoms with E-state index in [4.69, 9.17) is 0 Å². The van der Waals surface area contributed by atoms with Crippen LogP contribution in [0.1, 0.15) is 57.6 Å². The first-order chi connectivity index (χ1) is 15.0. The van der Waals surface area contributed by atoms with E-state index in [0.717, 1.165) is 36.7 Å². The van der Waals surface area contributed by atoms with Crippen molar-refractivity contribution in [2.75, 3.05) is 14.1 Å². The average Bonchev–Trinajstić information content (AvgIpc) is 2.79. The SMILES string of the molecule is CN.CNC1CC=C2CC1CC(C)(C=O)C2.Cc1ccc(SNC(C)(C)C=O)c(P)c1C. The van der Waals surface area contributed by atoms with Crippen LogP contribution in [0.3, 0.4) is 0 Å². The molecule has 180 valence electrons. The summed E-state index contributed by atoms with van der Waals surface area (Å²) in [5.74, 6) is 0.670. The van der Waals surface area contributed by atoms with Gasteiger partial charge < -0.3 is 20.6 Å². The quantitative estimate of drug-likeness (QED) is 0.249. The van der Waals surface area contributed by atoms with Crippen LogP contribution in [0.5, 0.6) is 0 Å². The number of hydrogen-bond donors (Lipinski definition) is 3. The first-order valence-electron chi connectivity index (χ1n) is 11.2. The van der Waals surface area contributed by atoms with E-state index in [1.54, 1.807) is 0 Å². The minimum absolute atomic E-state index is 0.0930. The predicted octanol–water partition coefficient (Wildman–Crippen LogP) is 3.86. The van der Waals surface area contributed by atoms with Gasteiger partial charge in [-0.3, -0.25) is 0 Å². The second kappa shape index (κ2) is 13.0. The molecule has 2 bridgehead atoms. The Bertz CT molecular complexity index is 813. The van der Waals surface area contributed by atoms with Crippen LogP contribution in [-0.4, -0.2) is 38.2 Å². The molecule has 4 unspecified atom stereocenters. The van der Waals surface area contributed by atoms with E-state index >= 15 is 0 Å². The van der Waals surface area contributed by atoms with Gasteiger partial charge in [-0.1, -0.05) is 24.6 Å². The number of benzene rings is 1. The summed E-state index contributed by atoms with van der Waals surface area (Å²) in [4.78, 5) is 23.0. The largest absolute Gasteiger partial charge is 0.333 e. The molecule has 0 aromatic heterocycles. The summed E-state index contributed by atoms with van der Waals surface area (Å²) in [5.41, 5.74) is 7.97. The fraction of sp³-hybridized carbons (Fsp3) is 0.600. The highest BCUT2D eigenvalue weighted by molar-refractivity contribution is 7.97. The van der Waals surface area contributed by atoms with Crippen LogP contribution < -0.4 is 21.1 Å². The summed E-state index contributed by atoms with van der Waals surface area (Å²) in [5, 5.41) is 4.55. The Balaban J connectivity index is 0.000000299. The number of aldehydes is 2. The molecule has 7 heteroatoms. The molecule has 0 aliphatic heterocycles. The summed E-state index contributed by atoms with van der Waals surface area (Å²) in [6, 6.07) is 4.75. The summed E-state index contributed by atoms with van der Waals surface area (Å²) < 4.78 is 3.15. The predicted molar refractivity (Wildman–Crippen MR) is 142 cm³/mol. The molecule has 1 aromatic carbocycles. The zero-order chi connectivity index (χ0) is 24.5. The van der Waals surface area contributed by atoms with E-state index in [0.29, 0.717) is 12.0 Å². The third kappa shape index (κ3) is 8.07. The van der Waals surface area contributed by atoms with Gasteiger partial charge in [0.1, 0.15) is 12.6 Å². The molecule has 4 atom stereocenters. The highest BCUT2D eigenvalue weighted by atomic mass is 32.2. The van der Waals surface area contributed by atoms with Gasteiger partial charge in [0.15, 0.2) is 0 Å². The highest BCUT2D eigenvalue weighted by Crippen LogP contribution is 2.44. The number of allylic oxidation sites excluding steroid dienone is 1. The molecule has 32 heavy (non-hydrogen) atoms. The van der Waals surface area contributed by atoms with Gasteiger partial charge >= 0.3 is 0 Å². The molecule has 4 N–H and O–H groups in total. The van der Waals surface area contributed by atoms with Crippen LogP contribution in [0, 0.1) is 25.2 Å². The van der Waals surface area contributed by atoms with Crippen molar-refractivity contribution in [2.45, 2.75) is 76.8 Å². The lowest BCUT2D eigenvalue weighted by Crippen LogP contribution is -2.42. The lowest BCUT2D eigenvalue weighted by molar-refractivity contribution is -0.117. The Kier molecular flexibility index (Phi) is 11.8. The van der Waals surface area contributed by atoms with Gasteiger partial charge in [-0.25, -0.2) is 4.72 Å². The molecule has 3 rings (SSSR count).